The summed E-state index contributed by atoms with van der Waals surface area (Å²) in [6.07, 6.45) is 1.28. The van der Waals surface area contributed by atoms with Crippen molar-refractivity contribution < 1.29 is 20.2 Å². The van der Waals surface area contributed by atoms with Crippen LogP contribution >= 0.6 is 0 Å². The molecule has 0 aromatic heterocycles. The smallest absolute Gasteiger partial charge is 0.283 e. The summed E-state index contributed by atoms with van der Waals surface area (Å²) in [6, 6.07) is 0. The Bertz CT molecular complexity index is 193. The minimum Gasteiger partial charge on any atom is -0.481 e. The lowest BCUT2D eigenvalue weighted by Crippen LogP contribution is -2.21. The van der Waals surface area contributed by atoms with Crippen molar-refractivity contribution in [3.63, 3.8) is 0 Å². The van der Waals surface area contributed by atoms with Crippen molar-refractivity contribution in [2.45, 2.75) is 6.42 Å². The molecule has 11 heavy (non-hydrogen) atoms. The number of aliphatic hydroxyl groups excluding tert-OH is 1. The van der Waals surface area contributed by atoms with Gasteiger partial charge in [0.1, 0.15) is 5.57 Å². The minimum absolute atomic E-state index is 0.0191. The van der Waals surface area contributed by atoms with Gasteiger partial charge in [0.25, 0.3) is 11.9 Å². The molecule has 0 aromatic rings. The maximum Gasteiger partial charge on any atom is 0.283 e. The van der Waals surface area contributed by atoms with Gasteiger partial charge in [-0.2, -0.15) is 0 Å². The average Bonchev–Trinajstić information content (AvgIpc) is 1.98. The van der Waals surface area contributed by atoms with E-state index >= 15 is 0 Å². The first-order chi connectivity index (χ1) is 5.13. The lowest BCUT2D eigenvalue weighted by Gasteiger charge is -2.00. The van der Waals surface area contributed by atoms with Crippen LogP contribution in [0.1, 0.15) is 6.42 Å². The van der Waals surface area contributed by atoms with Gasteiger partial charge in [0.05, 0.1) is 0 Å². The van der Waals surface area contributed by atoms with Crippen LogP contribution in [0.4, 0.5) is 0 Å². The highest BCUT2D eigenvalue weighted by atomic mass is 16.5. The van der Waals surface area contributed by atoms with Gasteiger partial charge in [0.2, 0.25) is 0 Å². The fourth-order valence-electron chi connectivity index (χ4n) is 0.497. The summed E-state index contributed by atoms with van der Waals surface area (Å²) in [5, 5.41) is 25.0. The monoisotopic (exact) mass is 159 g/mol. The quantitative estimate of drug-likeness (QED) is 0.158. The summed E-state index contributed by atoms with van der Waals surface area (Å²) in [6.45, 7) is 3.28. The Labute approximate surface area is 63.2 Å². The van der Waals surface area contributed by atoms with Crippen molar-refractivity contribution in [3.8, 4) is 0 Å². The van der Waals surface area contributed by atoms with Gasteiger partial charge in [-0.15, -0.1) is 6.58 Å². The highest BCUT2D eigenvalue weighted by Crippen LogP contribution is 2.04. The van der Waals surface area contributed by atoms with E-state index < -0.39 is 11.9 Å². The lowest BCUT2D eigenvalue weighted by molar-refractivity contribution is -0.125. The van der Waals surface area contributed by atoms with Crippen LogP contribution in [0.15, 0.2) is 24.2 Å². The van der Waals surface area contributed by atoms with E-state index in [9.17, 15) is 4.79 Å². The van der Waals surface area contributed by atoms with Crippen molar-refractivity contribution in [1.82, 2.24) is 5.48 Å². The number of aliphatic hydroxyl groups is 2. The molecule has 0 heterocycles. The standard InChI is InChI=1S/C6H9NO4/c1-2-3-4(6(9)10)5(8)7-11/h2,9-11H,1,3H2,(H,7,8). The van der Waals surface area contributed by atoms with Crippen LogP contribution in [0.5, 0.6) is 0 Å². The van der Waals surface area contributed by atoms with Crippen molar-refractivity contribution >= 4 is 5.91 Å². The van der Waals surface area contributed by atoms with Gasteiger partial charge >= 0.3 is 0 Å². The Hall–Kier alpha value is -1.49. The van der Waals surface area contributed by atoms with Gasteiger partial charge < -0.3 is 10.2 Å². The summed E-state index contributed by atoms with van der Waals surface area (Å²) >= 11 is 0. The molecular formula is C6H9NO4. The van der Waals surface area contributed by atoms with Crippen molar-refractivity contribution in [3.05, 3.63) is 24.2 Å². The largest absolute Gasteiger partial charge is 0.481 e. The van der Waals surface area contributed by atoms with E-state index in [0.29, 0.717) is 0 Å². The van der Waals surface area contributed by atoms with E-state index in [2.05, 4.69) is 6.58 Å². The number of hydrogen-bond acceptors (Lipinski definition) is 4. The highest BCUT2D eigenvalue weighted by Gasteiger charge is 2.11. The third-order valence-electron chi connectivity index (χ3n) is 0.994. The van der Waals surface area contributed by atoms with E-state index in [4.69, 9.17) is 15.4 Å². The number of carbonyl (C=O) groups excluding carboxylic acids is 1. The number of rotatable bonds is 3. The molecular weight excluding hydrogens is 150 g/mol. The van der Waals surface area contributed by atoms with E-state index in [1.807, 2.05) is 0 Å². The summed E-state index contributed by atoms with van der Waals surface area (Å²) in [7, 11) is 0. The van der Waals surface area contributed by atoms with Gasteiger partial charge in [-0.05, 0) is 0 Å². The van der Waals surface area contributed by atoms with E-state index in [-0.39, 0.29) is 12.0 Å². The molecule has 5 nitrogen and oxygen atoms in total. The van der Waals surface area contributed by atoms with Crippen LogP contribution in [0, 0.1) is 0 Å². The Balaban J connectivity index is 4.48. The molecule has 62 valence electrons. The number of hydroxylamine groups is 1. The molecule has 4 N–H and O–H groups in total. The van der Waals surface area contributed by atoms with Crippen LogP contribution in [0.25, 0.3) is 0 Å². The van der Waals surface area contributed by atoms with Gasteiger partial charge in [0.15, 0.2) is 0 Å². The Morgan fingerprint density at radius 3 is 2.36 bits per heavy atom. The average molecular weight is 159 g/mol. The Morgan fingerprint density at radius 2 is 2.09 bits per heavy atom. The van der Waals surface area contributed by atoms with Crippen LogP contribution in [0.2, 0.25) is 0 Å². The summed E-state index contributed by atoms with van der Waals surface area (Å²) in [5.41, 5.74) is 0.936. The number of amides is 1. The summed E-state index contributed by atoms with van der Waals surface area (Å²) in [4.78, 5) is 10.6. The molecule has 0 aliphatic heterocycles. The number of carbonyl (C=O) groups is 1. The Kier molecular flexibility index (Phi) is 3.76. The van der Waals surface area contributed by atoms with E-state index in [1.165, 1.54) is 11.6 Å². The van der Waals surface area contributed by atoms with Crippen LogP contribution in [-0.2, 0) is 4.79 Å². The van der Waals surface area contributed by atoms with Gasteiger partial charge in [-0.3, -0.25) is 10.0 Å². The molecule has 0 bridgehead atoms. The molecule has 5 heteroatoms. The SMILES string of the molecule is C=CCC(C(=O)NO)=C(O)O. The second kappa shape index (κ2) is 4.35. The zero-order chi connectivity index (χ0) is 8.85. The molecule has 0 saturated carbocycles. The Morgan fingerprint density at radius 1 is 1.55 bits per heavy atom. The third kappa shape index (κ3) is 2.72. The minimum atomic E-state index is -1.11. The molecule has 0 saturated heterocycles. The zero-order valence-corrected chi connectivity index (χ0v) is 5.74. The fourth-order valence-corrected chi connectivity index (χ4v) is 0.497. The molecule has 0 radical (unpaired) electrons. The normalized spacial score (nSPS) is 8.45. The van der Waals surface area contributed by atoms with Gasteiger partial charge in [0, 0.05) is 6.42 Å². The number of hydrogen-bond donors (Lipinski definition) is 4. The van der Waals surface area contributed by atoms with Crippen LogP contribution in [0.3, 0.4) is 0 Å². The van der Waals surface area contributed by atoms with E-state index in [1.54, 1.807) is 0 Å². The maximum atomic E-state index is 10.6. The molecule has 0 aliphatic carbocycles. The predicted octanol–water partition coefficient (Wildman–Crippen LogP) is 0.395. The van der Waals surface area contributed by atoms with E-state index in [0.717, 1.165) is 0 Å². The summed E-state index contributed by atoms with van der Waals surface area (Å²) in [5.74, 6) is -2.07. The molecule has 0 spiro atoms. The first-order valence-electron chi connectivity index (χ1n) is 2.79. The van der Waals surface area contributed by atoms with Crippen molar-refractivity contribution in [2.24, 2.45) is 0 Å². The number of allylic oxidation sites excluding steroid dienone is 1. The van der Waals surface area contributed by atoms with Crippen molar-refractivity contribution in [1.29, 1.82) is 0 Å². The predicted molar refractivity (Wildman–Crippen MR) is 37.0 cm³/mol. The molecule has 0 unspecified atom stereocenters. The topological polar surface area (TPSA) is 89.8 Å². The van der Waals surface area contributed by atoms with Gasteiger partial charge in [-0.1, -0.05) is 6.08 Å². The second-order valence-electron chi connectivity index (χ2n) is 1.74. The molecule has 0 atom stereocenters. The second-order valence-corrected chi connectivity index (χ2v) is 1.74. The first-order valence-corrected chi connectivity index (χ1v) is 2.79. The molecule has 1 amide bonds. The molecule has 0 aliphatic rings. The van der Waals surface area contributed by atoms with Gasteiger partial charge in [-0.25, -0.2) is 5.48 Å². The van der Waals surface area contributed by atoms with Crippen molar-refractivity contribution in [2.75, 3.05) is 0 Å². The fraction of sp³-hybridized carbons (Fsp3) is 0.167. The first kappa shape index (κ1) is 9.51. The molecule has 0 fully saturated rings. The third-order valence-corrected chi connectivity index (χ3v) is 0.994. The molecule has 0 rings (SSSR count). The molecule has 0 aromatic carbocycles. The van der Waals surface area contributed by atoms with Crippen LogP contribution < -0.4 is 5.48 Å². The van der Waals surface area contributed by atoms with Crippen LogP contribution in [-0.4, -0.2) is 21.3 Å². The maximum absolute atomic E-state index is 10.6. The highest BCUT2D eigenvalue weighted by molar-refractivity contribution is 5.92. The zero-order valence-electron chi connectivity index (χ0n) is 5.74. The summed E-state index contributed by atoms with van der Waals surface area (Å²) < 4.78 is 0. The number of nitrogens with one attached hydrogen (secondary N) is 1. The lowest BCUT2D eigenvalue weighted by atomic mass is 10.2.